The molecule has 3 rings (SSSR count). The molecule has 0 heterocycles. The zero-order valence-corrected chi connectivity index (χ0v) is 14.4. The largest absolute Gasteiger partial charge is 0.444 e. The van der Waals surface area contributed by atoms with Crippen LogP contribution in [-0.4, -0.2) is 23.8 Å². The Balaban J connectivity index is 1.48. The first-order valence-electron chi connectivity index (χ1n) is 8.74. The molecule has 4 heteroatoms. The standard InChI is InChI=1S/C19H28N2O2/c1-19(2,3)23-18(22)21-15-10-9-14(12-15)20-17-11-8-13-6-4-5-7-16(13)17/h4-7,14-15,17,20H,8-12H2,1-3H3,(H,21,22). The van der Waals surface area contributed by atoms with E-state index in [2.05, 4.69) is 34.9 Å². The van der Waals surface area contributed by atoms with Crippen LogP contribution in [-0.2, 0) is 11.2 Å². The van der Waals surface area contributed by atoms with Crippen LogP contribution >= 0.6 is 0 Å². The summed E-state index contributed by atoms with van der Waals surface area (Å²) in [5.41, 5.74) is 2.50. The van der Waals surface area contributed by atoms with Gasteiger partial charge in [-0.15, -0.1) is 0 Å². The lowest BCUT2D eigenvalue weighted by molar-refractivity contribution is 0.0505. The normalized spacial score (nSPS) is 26.8. The number of alkyl carbamates (subject to hydrolysis) is 1. The summed E-state index contributed by atoms with van der Waals surface area (Å²) in [6.07, 6.45) is 5.16. The summed E-state index contributed by atoms with van der Waals surface area (Å²) in [7, 11) is 0. The predicted molar refractivity (Wildman–Crippen MR) is 91.4 cm³/mol. The van der Waals surface area contributed by atoms with E-state index in [-0.39, 0.29) is 12.1 Å². The third kappa shape index (κ3) is 4.25. The molecule has 0 saturated heterocycles. The van der Waals surface area contributed by atoms with Crippen LogP contribution in [0.25, 0.3) is 0 Å². The highest BCUT2D eigenvalue weighted by Gasteiger charge is 2.31. The van der Waals surface area contributed by atoms with Gasteiger partial charge in [0.15, 0.2) is 0 Å². The number of fused-ring (bicyclic) bond motifs is 1. The molecule has 4 nitrogen and oxygen atoms in total. The molecular formula is C19H28N2O2. The van der Waals surface area contributed by atoms with Gasteiger partial charge in [-0.1, -0.05) is 24.3 Å². The average Bonchev–Trinajstić information content (AvgIpc) is 3.05. The summed E-state index contributed by atoms with van der Waals surface area (Å²) in [4.78, 5) is 11.9. The molecule has 3 atom stereocenters. The fourth-order valence-electron chi connectivity index (χ4n) is 3.75. The highest BCUT2D eigenvalue weighted by atomic mass is 16.6. The molecule has 0 spiro atoms. The quantitative estimate of drug-likeness (QED) is 0.894. The SMILES string of the molecule is CC(C)(C)OC(=O)NC1CCC(NC2CCc3ccccc32)C1. The van der Waals surface area contributed by atoms with Crippen LogP contribution in [0.15, 0.2) is 24.3 Å². The van der Waals surface area contributed by atoms with Gasteiger partial charge in [-0.3, -0.25) is 0 Å². The third-order valence-electron chi connectivity index (χ3n) is 4.72. The van der Waals surface area contributed by atoms with Crippen molar-refractivity contribution in [3.05, 3.63) is 35.4 Å². The first-order chi connectivity index (χ1) is 10.9. The fourth-order valence-corrected chi connectivity index (χ4v) is 3.75. The molecule has 1 fully saturated rings. The van der Waals surface area contributed by atoms with E-state index in [0.717, 1.165) is 19.3 Å². The lowest BCUT2D eigenvalue weighted by Gasteiger charge is -2.22. The summed E-state index contributed by atoms with van der Waals surface area (Å²) >= 11 is 0. The van der Waals surface area contributed by atoms with Crippen molar-refractivity contribution >= 4 is 6.09 Å². The minimum Gasteiger partial charge on any atom is -0.444 e. The van der Waals surface area contributed by atoms with Gasteiger partial charge in [-0.2, -0.15) is 0 Å². The van der Waals surface area contributed by atoms with Gasteiger partial charge in [-0.25, -0.2) is 4.79 Å². The smallest absolute Gasteiger partial charge is 0.407 e. The van der Waals surface area contributed by atoms with Gasteiger partial charge in [0.05, 0.1) is 0 Å². The van der Waals surface area contributed by atoms with Crippen LogP contribution in [0.2, 0.25) is 0 Å². The van der Waals surface area contributed by atoms with E-state index in [1.807, 2.05) is 20.8 Å². The van der Waals surface area contributed by atoms with E-state index < -0.39 is 5.60 Å². The Morgan fingerprint density at radius 3 is 2.65 bits per heavy atom. The van der Waals surface area contributed by atoms with E-state index in [0.29, 0.717) is 12.1 Å². The molecule has 1 amide bonds. The molecule has 1 aromatic rings. The van der Waals surface area contributed by atoms with Crippen molar-refractivity contribution in [2.24, 2.45) is 0 Å². The van der Waals surface area contributed by atoms with E-state index in [9.17, 15) is 4.79 Å². The van der Waals surface area contributed by atoms with Gasteiger partial charge in [0.25, 0.3) is 0 Å². The maximum atomic E-state index is 11.9. The van der Waals surface area contributed by atoms with E-state index in [1.54, 1.807) is 0 Å². The molecule has 1 aromatic carbocycles. The topological polar surface area (TPSA) is 50.4 Å². The monoisotopic (exact) mass is 316 g/mol. The molecule has 23 heavy (non-hydrogen) atoms. The van der Waals surface area contributed by atoms with Gasteiger partial charge in [0.1, 0.15) is 5.60 Å². The van der Waals surface area contributed by atoms with Crippen LogP contribution in [0, 0.1) is 0 Å². The maximum absolute atomic E-state index is 11.9. The number of benzene rings is 1. The second-order valence-electron chi connectivity index (χ2n) is 7.81. The molecule has 0 radical (unpaired) electrons. The van der Waals surface area contributed by atoms with Crippen molar-refractivity contribution in [3.63, 3.8) is 0 Å². The van der Waals surface area contributed by atoms with Gasteiger partial charge >= 0.3 is 6.09 Å². The molecule has 3 unspecified atom stereocenters. The number of aryl methyl sites for hydroxylation is 1. The van der Waals surface area contributed by atoms with Gasteiger partial charge in [-0.05, 0) is 64.0 Å². The van der Waals surface area contributed by atoms with Crippen molar-refractivity contribution in [2.45, 2.75) is 76.6 Å². The van der Waals surface area contributed by atoms with Crippen LogP contribution < -0.4 is 10.6 Å². The Morgan fingerprint density at radius 2 is 1.87 bits per heavy atom. The van der Waals surface area contributed by atoms with Crippen LogP contribution in [0.4, 0.5) is 4.79 Å². The van der Waals surface area contributed by atoms with E-state index >= 15 is 0 Å². The Bertz CT molecular complexity index is 565. The first-order valence-corrected chi connectivity index (χ1v) is 8.74. The lowest BCUT2D eigenvalue weighted by atomic mass is 10.1. The van der Waals surface area contributed by atoms with Crippen LogP contribution in [0.5, 0.6) is 0 Å². The molecule has 1 saturated carbocycles. The number of amides is 1. The summed E-state index contributed by atoms with van der Waals surface area (Å²) < 4.78 is 5.34. The fraction of sp³-hybridized carbons (Fsp3) is 0.632. The van der Waals surface area contributed by atoms with E-state index in [1.165, 1.54) is 24.0 Å². The summed E-state index contributed by atoms with van der Waals surface area (Å²) in [6, 6.07) is 9.89. The number of carbonyl (C=O) groups is 1. The average molecular weight is 316 g/mol. The minimum atomic E-state index is -0.437. The zero-order chi connectivity index (χ0) is 16.4. The van der Waals surface area contributed by atoms with Crippen molar-refractivity contribution in [1.29, 1.82) is 0 Å². The highest BCUT2D eigenvalue weighted by Crippen LogP contribution is 2.33. The minimum absolute atomic E-state index is 0.221. The molecule has 2 aliphatic rings. The Kier molecular flexibility index (Phi) is 4.62. The first kappa shape index (κ1) is 16.3. The maximum Gasteiger partial charge on any atom is 0.407 e. The number of hydrogen-bond donors (Lipinski definition) is 2. The van der Waals surface area contributed by atoms with Gasteiger partial charge < -0.3 is 15.4 Å². The van der Waals surface area contributed by atoms with E-state index in [4.69, 9.17) is 4.74 Å². The second kappa shape index (κ2) is 6.52. The lowest BCUT2D eigenvalue weighted by Crippen LogP contribution is -2.39. The van der Waals surface area contributed by atoms with Crippen molar-refractivity contribution in [2.75, 3.05) is 0 Å². The van der Waals surface area contributed by atoms with Crippen LogP contribution in [0.1, 0.15) is 63.6 Å². The zero-order valence-electron chi connectivity index (χ0n) is 14.4. The highest BCUT2D eigenvalue weighted by molar-refractivity contribution is 5.68. The number of rotatable bonds is 3. The number of ether oxygens (including phenoxy) is 1. The molecule has 0 aliphatic heterocycles. The third-order valence-corrected chi connectivity index (χ3v) is 4.72. The molecule has 126 valence electrons. The van der Waals surface area contributed by atoms with Gasteiger partial charge in [0.2, 0.25) is 0 Å². The Labute approximate surface area is 139 Å². The molecule has 2 N–H and O–H groups in total. The van der Waals surface area contributed by atoms with Crippen LogP contribution in [0.3, 0.4) is 0 Å². The van der Waals surface area contributed by atoms with Crippen molar-refractivity contribution < 1.29 is 9.53 Å². The summed E-state index contributed by atoms with van der Waals surface area (Å²) in [6.45, 7) is 5.68. The Morgan fingerprint density at radius 1 is 1.13 bits per heavy atom. The second-order valence-corrected chi connectivity index (χ2v) is 7.81. The van der Waals surface area contributed by atoms with Crippen molar-refractivity contribution in [3.8, 4) is 0 Å². The number of hydrogen-bond acceptors (Lipinski definition) is 3. The molecule has 0 bridgehead atoms. The molecular weight excluding hydrogens is 288 g/mol. The number of carbonyl (C=O) groups excluding carboxylic acids is 1. The van der Waals surface area contributed by atoms with Crippen molar-refractivity contribution in [1.82, 2.24) is 10.6 Å². The summed E-state index contributed by atoms with van der Waals surface area (Å²) in [5.74, 6) is 0. The molecule has 0 aromatic heterocycles. The van der Waals surface area contributed by atoms with Gasteiger partial charge in [0, 0.05) is 18.1 Å². The Hall–Kier alpha value is -1.55. The summed E-state index contributed by atoms with van der Waals surface area (Å²) in [5, 5.41) is 6.80. The molecule has 2 aliphatic carbocycles. The predicted octanol–water partition coefficient (Wildman–Crippen LogP) is 3.71. The number of nitrogens with one attached hydrogen (secondary N) is 2.